The third kappa shape index (κ3) is 3.14. The molecule has 0 bridgehead atoms. The van der Waals surface area contributed by atoms with Gasteiger partial charge in [0.05, 0.1) is 10.7 Å². The summed E-state index contributed by atoms with van der Waals surface area (Å²) >= 11 is 1.70. The Morgan fingerprint density at radius 2 is 1.94 bits per heavy atom. The van der Waals surface area contributed by atoms with E-state index in [-0.39, 0.29) is 0 Å². The molecule has 17 heavy (non-hydrogen) atoms. The zero-order valence-electron chi connectivity index (χ0n) is 10.3. The minimum absolute atomic E-state index is 0.372. The van der Waals surface area contributed by atoms with Gasteiger partial charge in [0.25, 0.3) is 0 Å². The monoisotopic (exact) mass is 246 g/mol. The molecule has 2 N–H and O–H groups in total. The summed E-state index contributed by atoms with van der Waals surface area (Å²) < 4.78 is 0. The molecule has 1 aromatic heterocycles. The highest BCUT2D eigenvalue weighted by Gasteiger charge is 2.12. The molecule has 90 valence electrons. The molecule has 0 spiro atoms. The van der Waals surface area contributed by atoms with Gasteiger partial charge in [0, 0.05) is 11.3 Å². The van der Waals surface area contributed by atoms with E-state index in [2.05, 4.69) is 41.6 Å². The Bertz CT molecular complexity index is 473. The lowest BCUT2D eigenvalue weighted by Gasteiger charge is -2.14. The predicted octanol–water partition coefficient (Wildman–Crippen LogP) is 3.04. The van der Waals surface area contributed by atoms with Gasteiger partial charge in [-0.15, -0.1) is 11.3 Å². The number of hydrogen-bond acceptors (Lipinski definition) is 3. The number of benzene rings is 1. The molecule has 0 saturated carbocycles. The minimum atomic E-state index is 0.372. The molecular formula is C14H18N2S. The van der Waals surface area contributed by atoms with Crippen LogP contribution < -0.4 is 5.73 Å². The molecule has 1 atom stereocenters. The highest BCUT2D eigenvalue weighted by Crippen LogP contribution is 2.21. The maximum absolute atomic E-state index is 5.87. The number of nitrogens with two attached hydrogens (primary N) is 1. The lowest BCUT2D eigenvalue weighted by molar-refractivity contribution is 0.683. The molecule has 3 heteroatoms. The summed E-state index contributed by atoms with van der Waals surface area (Å²) in [5.74, 6) is 0.372. The largest absolute Gasteiger partial charge is 0.330 e. The third-order valence-corrected chi connectivity index (χ3v) is 3.78. The molecule has 2 aromatic rings. The summed E-state index contributed by atoms with van der Waals surface area (Å²) in [6, 6.07) is 8.63. The summed E-state index contributed by atoms with van der Waals surface area (Å²) in [6.45, 7) is 4.81. The van der Waals surface area contributed by atoms with Crippen LogP contribution in [0.5, 0.6) is 0 Å². The van der Waals surface area contributed by atoms with Crippen molar-refractivity contribution in [3.05, 3.63) is 51.5 Å². The highest BCUT2D eigenvalue weighted by atomic mass is 32.1. The molecule has 0 radical (unpaired) electrons. The van der Waals surface area contributed by atoms with Gasteiger partial charge in [0.1, 0.15) is 0 Å². The van der Waals surface area contributed by atoms with Crippen LogP contribution in [0.1, 0.15) is 27.7 Å². The Kier molecular flexibility index (Phi) is 3.92. The molecule has 1 heterocycles. The average Bonchev–Trinajstić information content (AvgIpc) is 2.73. The number of rotatable bonds is 4. The normalized spacial score (nSPS) is 12.6. The van der Waals surface area contributed by atoms with Gasteiger partial charge in [-0.25, -0.2) is 4.98 Å². The number of aryl methyl sites for hydroxylation is 2. The first-order valence-electron chi connectivity index (χ1n) is 5.86. The van der Waals surface area contributed by atoms with E-state index in [0.717, 1.165) is 17.1 Å². The summed E-state index contributed by atoms with van der Waals surface area (Å²) in [4.78, 5) is 4.50. The number of hydrogen-bond donors (Lipinski definition) is 1. The van der Waals surface area contributed by atoms with E-state index in [4.69, 9.17) is 5.73 Å². The lowest BCUT2D eigenvalue weighted by atomic mass is 9.94. The van der Waals surface area contributed by atoms with Gasteiger partial charge < -0.3 is 5.73 Å². The molecule has 0 fully saturated rings. The van der Waals surface area contributed by atoms with E-state index in [9.17, 15) is 0 Å². The van der Waals surface area contributed by atoms with Gasteiger partial charge in [-0.3, -0.25) is 0 Å². The van der Waals surface area contributed by atoms with E-state index in [1.54, 1.807) is 11.3 Å². The van der Waals surface area contributed by atoms with Crippen molar-refractivity contribution in [1.29, 1.82) is 0 Å². The van der Waals surface area contributed by atoms with Crippen LogP contribution in [0.2, 0.25) is 0 Å². The van der Waals surface area contributed by atoms with Crippen molar-refractivity contribution in [2.24, 2.45) is 5.73 Å². The van der Waals surface area contributed by atoms with Crippen LogP contribution in [-0.2, 0) is 6.42 Å². The Morgan fingerprint density at radius 1 is 1.24 bits per heavy atom. The predicted molar refractivity (Wildman–Crippen MR) is 73.5 cm³/mol. The van der Waals surface area contributed by atoms with Gasteiger partial charge in [0.15, 0.2) is 0 Å². The molecule has 0 aliphatic heterocycles. The lowest BCUT2D eigenvalue weighted by Crippen LogP contribution is -2.15. The van der Waals surface area contributed by atoms with Crippen molar-refractivity contribution in [1.82, 2.24) is 4.98 Å². The van der Waals surface area contributed by atoms with Crippen molar-refractivity contribution in [2.75, 3.05) is 6.54 Å². The second kappa shape index (κ2) is 5.43. The van der Waals surface area contributed by atoms with Crippen LogP contribution in [0.15, 0.2) is 29.6 Å². The maximum atomic E-state index is 5.87. The van der Waals surface area contributed by atoms with E-state index in [0.29, 0.717) is 12.5 Å². The van der Waals surface area contributed by atoms with Gasteiger partial charge >= 0.3 is 0 Å². The summed E-state index contributed by atoms with van der Waals surface area (Å²) in [7, 11) is 0. The highest BCUT2D eigenvalue weighted by molar-refractivity contribution is 7.09. The fraction of sp³-hybridized carbons (Fsp3) is 0.357. The van der Waals surface area contributed by atoms with Gasteiger partial charge in [-0.1, -0.05) is 29.8 Å². The molecule has 0 aliphatic rings. The SMILES string of the molecule is Cc1ccc(C(CN)Cc2csc(C)n2)cc1. The van der Waals surface area contributed by atoms with Crippen molar-refractivity contribution in [3.8, 4) is 0 Å². The molecule has 0 saturated heterocycles. The van der Waals surface area contributed by atoms with Crippen LogP contribution in [0.4, 0.5) is 0 Å². The molecule has 1 unspecified atom stereocenters. The van der Waals surface area contributed by atoms with Crippen molar-refractivity contribution in [3.63, 3.8) is 0 Å². The van der Waals surface area contributed by atoms with Crippen LogP contribution in [0.3, 0.4) is 0 Å². The first-order valence-corrected chi connectivity index (χ1v) is 6.74. The Morgan fingerprint density at radius 3 is 2.47 bits per heavy atom. The molecule has 0 aliphatic carbocycles. The number of thiazole rings is 1. The Balaban J connectivity index is 2.13. The van der Waals surface area contributed by atoms with Gasteiger partial charge in [-0.2, -0.15) is 0 Å². The van der Waals surface area contributed by atoms with E-state index < -0.39 is 0 Å². The molecule has 0 amide bonds. The zero-order chi connectivity index (χ0) is 12.3. The van der Waals surface area contributed by atoms with Gasteiger partial charge in [0.2, 0.25) is 0 Å². The second-order valence-corrected chi connectivity index (χ2v) is 5.47. The summed E-state index contributed by atoms with van der Waals surface area (Å²) in [6.07, 6.45) is 0.934. The number of aromatic nitrogens is 1. The quantitative estimate of drug-likeness (QED) is 0.900. The van der Waals surface area contributed by atoms with Crippen LogP contribution in [0.25, 0.3) is 0 Å². The Labute approximate surface area is 107 Å². The maximum Gasteiger partial charge on any atom is 0.0897 e. The fourth-order valence-electron chi connectivity index (χ4n) is 1.93. The summed E-state index contributed by atoms with van der Waals surface area (Å²) in [5.41, 5.74) is 9.62. The minimum Gasteiger partial charge on any atom is -0.330 e. The van der Waals surface area contributed by atoms with Crippen molar-refractivity contribution >= 4 is 11.3 Å². The third-order valence-electron chi connectivity index (χ3n) is 2.96. The van der Waals surface area contributed by atoms with Crippen molar-refractivity contribution in [2.45, 2.75) is 26.2 Å². The van der Waals surface area contributed by atoms with Crippen LogP contribution >= 0.6 is 11.3 Å². The van der Waals surface area contributed by atoms with E-state index >= 15 is 0 Å². The van der Waals surface area contributed by atoms with Gasteiger partial charge in [-0.05, 0) is 32.4 Å². The van der Waals surface area contributed by atoms with E-state index in [1.165, 1.54) is 11.1 Å². The first kappa shape index (κ1) is 12.3. The Hall–Kier alpha value is -1.19. The molecule has 1 aromatic carbocycles. The van der Waals surface area contributed by atoms with Crippen LogP contribution in [-0.4, -0.2) is 11.5 Å². The molecule has 2 nitrogen and oxygen atoms in total. The smallest absolute Gasteiger partial charge is 0.0897 e. The zero-order valence-corrected chi connectivity index (χ0v) is 11.1. The van der Waals surface area contributed by atoms with Crippen molar-refractivity contribution < 1.29 is 0 Å². The average molecular weight is 246 g/mol. The fourth-order valence-corrected chi connectivity index (χ4v) is 2.56. The standard InChI is InChI=1S/C14H18N2S/c1-10-3-5-12(6-4-10)13(8-15)7-14-9-17-11(2)16-14/h3-6,9,13H,7-8,15H2,1-2H3. The first-order chi connectivity index (χ1) is 8.19. The van der Waals surface area contributed by atoms with Crippen LogP contribution in [0, 0.1) is 13.8 Å². The summed E-state index contributed by atoms with van der Waals surface area (Å²) in [5, 5.41) is 3.26. The molecule has 2 rings (SSSR count). The number of nitrogens with zero attached hydrogens (tertiary/aromatic N) is 1. The topological polar surface area (TPSA) is 38.9 Å². The second-order valence-electron chi connectivity index (χ2n) is 4.41. The van der Waals surface area contributed by atoms with E-state index in [1.807, 2.05) is 6.92 Å². The molecular weight excluding hydrogens is 228 g/mol.